The van der Waals surface area contributed by atoms with E-state index >= 15 is 0 Å². The molecule has 5 aliphatic rings. The maximum atomic E-state index is 12.6. The largest absolute Gasteiger partial charge is 0.376 e. The molecule has 5 fully saturated rings. The van der Waals surface area contributed by atoms with Crippen molar-refractivity contribution in [1.29, 1.82) is 0 Å². The smallest absolute Gasteiger partial charge is 0.220 e. The molecule has 1 amide bonds. The van der Waals surface area contributed by atoms with Crippen molar-refractivity contribution in [3.63, 3.8) is 0 Å². The van der Waals surface area contributed by atoms with E-state index in [-0.39, 0.29) is 23.5 Å². The number of hydrogen-bond donors (Lipinski definition) is 1. The molecule has 4 aliphatic carbocycles. The maximum absolute atomic E-state index is 12.6. The van der Waals surface area contributed by atoms with Crippen LogP contribution in [0.4, 0.5) is 0 Å². The van der Waals surface area contributed by atoms with Crippen molar-refractivity contribution in [1.82, 2.24) is 5.32 Å². The number of carbonyl (C=O) groups excluding carboxylic acids is 1. The number of rotatable bonds is 4. The zero-order valence-corrected chi connectivity index (χ0v) is 15.2. The predicted molar refractivity (Wildman–Crippen MR) is 90.0 cm³/mol. The summed E-state index contributed by atoms with van der Waals surface area (Å²) >= 11 is 4.04. The van der Waals surface area contributed by atoms with Gasteiger partial charge in [-0.25, -0.2) is 0 Å². The fourth-order valence-corrected chi connectivity index (χ4v) is 7.79. The third-order valence-corrected chi connectivity index (χ3v) is 7.49. The van der Waals surface area contributed by atoms with Crippen LogP contribution in [0.1, 0.15) is 64.7 Å². The van der Waals surface area contributed by atoms with Crippen molar-refractivity contribution in [2.45, 2.75) is 81.2 Å². The van der Waals surface area contributed by atoms with E-state index < -0.39 is 0 Å². The lowest BCUT2D eigenvalue weighted by molar-refractivity contribution is -0.129. The fourth-order valence-electron chi connectivity index (χ4n) is 6.28. The standard InChI is InChI=1S/C18H28BrNO2/c1-12(15-3-2-4-22-15)20-16(21)10-17-6-13-5-14(7-17)9-18(19,8-13)11-17/h12-15H,2-11H2,1H3,(H,20,21). The Labute approximate surface area is 142 Å². The summed E-state index contributed by atoms with van der Waals surface area (Å²) < 4.78 is 6.05. The molecule has 1 saturated heterocycles. The highest BCUT2D eigenvalue weighted by atomic mass is 79.9. The highest BCUT2D eigenvalue weighted by molar-refractivity contribution is 9.10. The molecule has 0 spiro atoms. The first-order chi connectivity index (χ1) is 10.5. The van der Waals surface area contributed by atoms with Gasteiger partial charge in [-0.1, -0.05) is 15.9 Å². The van der Waals surface area contributed by atoms with E-state index in [1.807, 2.05) is 0 Å². The molecule has 0 radical (unpaired) electrons. The minimum atomic E-state index is 0.154. The Morgan fingerprint density at radius 2 is 2.05 bits per heavy atom. The summed E-state index contributed by atoms with van der Waals surface area (Å²) in [4.78, 5) is 12.6. The SMILES string of the molecule is CC(NC(=O)CC12CC3CC(CC(Br)(C3)C1)C2)C1CCCO1. The summed E-state index contributed by atoms with van der Waals surface area (Å²) in [6, 6.07) is 0.154. The van der Waals surface area contributed by atoms with Gasteiger partial charge in [0.1, 0.15) is 0 Å². The van der Waals surface area contributed by atoms with E-state index in [2.05, 4.69) is 28.2 Å². The Morgan fingerprint density at radius 1 is 1.32 bits per heavy atom. The van der Waals surface area contributed by atoms with Gasteiger partial charge >= 0.3 is 0 Å². The Bertz CT molecular complexity index is 446. The molecule has 1 N–H and O–H groups in total. The minimum absolute atomic E-state index is 0.154. The van der Waals surface area contributed by atoms with Crippen LogP contribution in [0.15, 0.2) is 0 Å². The van der Waals surface area contributed by atoms with Crippen molar-refractivity contribution in [2.24, 2.45) is 17.3 Å². The van der Waals surface area contributed by atoms with E-state index in [4.69, 9.17) is 4.74 Å². The summed E-state index contributed by atoms with van der Waals surface area (Å²) in [5, 5.41) is 3.23. The third-order valence-electron chi connectivity index (χ3n) is 6.56. The normalized spacial score (nSPS) is 47.6. The second-order valence-electron chi connectivity index (χ2n) is 8.70. The van der Waals surface area contributed by atoms with Crippen molar-refractivity contribution < 1.29 is 9.53 Å². The minimum Gasteiger partial charge on any atom is -0.376 e. The number of hydrogen-bond acceptors (Lipinski definition) is 2. The highest BCUT2D eigenvalue weighted by Gasteiger charge is 2.57. The predicted octanol–water partition coefficient (Wildman–Crippen LogP) is 3.79. The van der Waals surface area contributed by atoms with Gasteiger partial charge in [0, 0.05) is 17.4 Å². The van der Waals surface area contributed by atoms with Gasteiger partial charge in [0.25, 0.3) is 0 Å². The molecule has 124 valence electrons. The van der Waals surface area contributed by atoms with Gasteiger partial charge in [-0.15, -0.1) is 0 Å². The van der Waals surface area contributed by atoms with Gasteiger partial charge in [-0.3, -0.25) is 4.79 Å². The first kappa shape index (κ1) is 15.4. The number of nitrogens with one attached hydrogen (secondary N) is 1. The molecule has 0 aromatic rings. The Morgan fingerprint density at radius 3 is 2.64 bits per heavy atom. The molecule has 0 aromatic heterocycles. The zero-order chi connectivity index (χ0) is 15.4. The van der Waals surface area contributed by atoms with Gasteiger partial charge < -0.3 is 10.1 Å². The average molecular weight is 370 g/mol. The molecule has 5 rings (SSSR count). The van der Waals surface area contributed by atoms with E-state index in [0.717, 1.165) is 37.7 Å². The summed E-state index contributed by atoms with van der Waals surface area (Å²) in [6.07, 6.45) is 11.0. The lowest BCUT2D eigenvalue weighted by Crippen LogP contribution is -2.54. The first-order valence-corrected chi connectivity index (χ1v) is 9.85. The molecule has 4 bridgehead atoms. The van der Waals surface area contributed by atoms with Crippen LogP contribution in [-0.4, -0.2) is 29.0 Å². The van der Waals surface area contributed by atoms with Crippen LogP contribution in [0.25, 0.3) is 0 Å². The van der Waals surface area contributed by atoms with Crippen molar-refractivity contribution in [2.75, 3.05) is 6.61 Å². The van der Waals surface area contributed by atoms with Gasteiger partial charge in [0.2, 0.25) is 5.91 Å². The van der Waals surface area contributed by atoms with Crippen molar-refractivity contribution in [3.05, 3.63) is 0 Å². The Hall–Kier alpha value is -0.0900. The van der Waals surface area contributed by atoms with Gasteiger partial charge in [-0.05, 0) is 75.5 Å². The molecule has 4 unspecified atom stereocenters. The van der Waals surface area contributed by atoms with Crippen LogP contribution < -0.4 is 5.32 Å². The maximum Gasteiger partial charge on any atom is 0.220 e. The Balaban J connectivity index is 1.39. The van der Waals surface area contributed by atoms with Crippen LogP contribution in [0, 0.1) is 17.3 Å². The molecule has 1 heterocycles. The summed E-state index contributed by atoms with van der Waals surface area (Å²) in [5.74, 6) is 1.95. The molecular formula is C18H28BrNO2. The number of halogens is 1. The van der Waals surface area contributed by atoms with E-state index in [1.165, 1.54) is 38.5 Å². The van der Waals surface area contributed by atoms with Crippen molar-refractivity contribution >= 4 is 21.8 Å². The zero-order valence-electron chi connectivity index (χ0n) is 13.6. The topological polar surface area (TPSA) is 38.3 Å². The average Bonchev–Trinajstić information content (AvgIpc) is 2.87. The highest BCUT2D eigenvalue weighted by Crippen LogP contribution is 2.65. The monoisotopic (exact) mass is 369 g/mol. The van der Waals surface area contributed by atoms with Crippen LogP contribution in [-0.2, 0) is 9.53 Å². The van der Waals surface area contributed by atoms with Crippen LogP contribution in [0.3, 0.4) is 0 Å². The summed E-state index contributed by atoms with van der Waals surface area (Å²) in [7, 11) is 0. The molecule has 4 saturated carbocycles. The molecule has 22 heavy (non-hydrogen) atoms. The van der Waals surface area contributed by atoms with Crippen LogP contribution >= 0.6 is 15.9 Å². The van der Waals surface area contributed by atoms with Gasteiger partial charge in [-0.2, -0.15) is 0 Å². The molecule has 0 aromatic carbocycles. The van der Waals surface area contributed by atoms with Crippen LogP contribution in [0.5, 0.6) is 0 Å². The second-order valence-corrected chi connectivity index (χ2v) is 10.4. The first-order valence-electron chi connectivity index (χ1n) is 9.05. The lowest BCUT2D eigenvalue weighted by Gasteiger charge is -2.60. The van der Waals surface area contributed by atoms with E-state index in [0.29, 0.717) is 4.32 Å². The number of amides is 1. The molecule has 4 heteroatoms. The molecule has 4 atom stereocenters. The quantitative estimate of drug-likeness (QED) is 0.765. The fraction of sp³-hybridized carbons (Fsp3) is 0.944. The molecule has 3 nitrogen and oxygen atoms in total. The molecular weight excluding hydrogens is 342 g/mol. The summed E-state index contributed by atoms with van der Waals surface area (Å²) in [6.45, 7) is 2.95. The number of carbonyl (C=O) groups is 1. The lowest BCUT2D eigenvalue weighted by atomic mass is 9.48. The van der Waals surface area contributed by atoms with Gasteiger partial charge in [0.15, 0.2) is 0 Å². The number of ether oxygens (including phenoxy) is 1. The van der Waals surface area contributed by atoms with E-state index in [1.54, 1.807) is 0 Å². The molecule has 1 aliphatic heterocycles. The number of alkyl halides is 1. The van der Waals surface area contributed by atoms with E-state index in [9.17, 15) is 4.79 Å². The van der Waals surface area contributed by atoms with Crippen LogP contribution in [0.2, 0.25) is 0 Å². The van der Waals surface area contributed by atoms with Crippen molar-refractivity contribution in [3.8, 4) is 0 Å². The third kappa shape index (κ3) is 2.86. The second kappa shape index (κ2) is 5.47. The summed E-state index contributed by atoms with van der Waals surface area (Å²) in [5.41, 5.74) is 0.272. The Kier molecular flexibility index (Phi) is 3.84. The van der Waals surface area contributed by atoms with Gasteiger partial charge in [0.05, 0.1) is 12.1 Å².